The zero-order valence-corrected chi connectivity index (χ0v) is 15.1. The molecule has 1 amide bonds. The molecule has 0 aromatic heterocycles. The van der Waals surface area contributed by atoms with E-state index in [1.807, 2.05) is 26.8 Å². The van der Waals surface area contributed by atoms with Crippen LogP contribution in [0.3, 0.4) is 0 Å². The molecule has 3 atom stereocenters. The normalized spacial score (nSPS) is 25.3. The summed E-state index contributed by atoms with van der Waals surface area (Å²) in [4.78, 5) is 23.6. The molecule has 3 rings (SSSR count). The van der Waals surface area contributed by atoms with E-state index in [1.54, 1.807) is 12.1 Å². The van der Waals surface area contributed by atoms with Crippen LogP contribution in [0, 0.1) is 5.92 Å². The number of esters is 1. The van der Waals surface area contributed by atoms with Crippen LogP contribution in [0.5, 0.6) is 5.75 Å². The predicted molar refractivity (Wildman–Crippen MR) is 91.5 cm³/mol. The van der Waals surface area contributed by atoms with Crippen LogP contribution in [0.2, 0.25) is 0 Å². The monoisotopic (exact) mass is 347 g/mol. The Bertz CT molecular complexity index is 679. The molecule has 0 radical (unpaired) electrons. The molecule has 1 aliphatic carbocycles. The lowest BCUT2D eigenvalue weighted by atomic mass is 10.1. The van der Waals surface area contributed by atoms with Gasteiger partial charge in [-0.1, -0.05) is 6.92 Å². The van der Waals surface area contributed by atoms with E-state index in [0.717, 1.165) is 18.4 Å². The number of cyclic esters (lactones) is 1. The maximum Gasteiger partial charge on any atom is 0.408 e. The molecule has 1 fully saturated rings. The number of nitrogens with one attached hydrogen (secondary N) is 1. The SMILES string of the molecule is C[C@@H]1CC[C@H](Oc2ccc3c(c2)COC3=O)[C@H]1NC(=O)OC(C)(C)C. The Labute approximate surface area is 147 Å². The quantitative estimate of drug-likeness (QED) is 0.848. The number of benzene rings is 1. The maximum absolute atomic E-state index is 12.1. The number of carbonyl (C=O) groups is 2. The number of ether oxygens (including phenoxy) is 3. The minimum atomic E-state index is -0.533. The highest BCUT2D eigenvalue weighted by Crippen LogP contribution is 2.31. The van der Waals surface area contributed by atoms with Gasteiger partial charge in [0.2, 0.25) is 0 Å². The first kappa shape index (κ1) is 17.6. The third-order valence-corrected chi connectivity index (χ3v) is 4.55. The number of hydrogen-bond donors (Lipinski definition) is 1. The fourth-order valence-electron chi connectivity index (χ4n) is 3.32. The van der Waals surface area contributed by atoms with Crippen LogP contribution in [-0.2, 0) is 16.1 Å². The largest absolute Gasteiger partial charge is 0.488 e. The molecule has 1 N–H and O–H groups in total. The van der Waals surface area contributed by atoms with Gasteiger partial charge in [-0.05, 0) is 57.7 Å². The lowest BCUT2D eigenvalue weighted by Crippen LogP contribution is -2.47. The van der Waals surface area contributed by atoms with Gasteiger partial charge in [0.15, 0.2) is 0 Å². The van der Waals surface area contributed by atoms with Crippen molar-refractivity contribution >= 4 is 12.1 Å². The Hall–Kier alpha value is -2.24. The summed E-state index contributed by atoms with van der Waals surface area (Å²) in [5.74, 6) is 0.699. The smallest absolute Gasteiger partial charge is 0.408 e. The van der Waals surface area contributed by atoms with Crippen molar-refractivity contribution in [2.75, 3.05) is 0 Å². The second-order valence-corrected chi connectivity index (χ2v) is 7.78. The first-order chi connectivity index (χ1) is 11.7. The maximum atomic E-state index is 12.1. The molecule has 0 bridgehead atoms. The van der Waals surface area contributed by atoms with E-state index < -0.39 is 11.7 Å². The third-order valence-electron chi connectivity index (χ3n) is 4.55. The van der Waals surface area contributed by atoms with Crippen molar-refractivity contribution in [1.82, 2.24) is 5.32 Å². The molecule has 6 nitrogen and oxygen atoms in total. The predicted octanol–water partition coefficient (Wildman–Crippen LogP) is 3.43. The summed E-state index contributed by atoms with van der Waals surface area (Å²) in [5, 5.41) is 2.95. The standard InChI is InChI=1S/C19H25NO5/c1-11-5-8-15(16(11)20-18(22)25-19(2,3)4)24-13-6-7-14-12(9-13)10-23-17(14)21/h6-7,9,11,15-16H,5,8,10H2,1-4H3,(H,20,22)/t11-,15+,16+/m1/s1. The Morgan fingerprint density at radius 3 is 2.76 bits per heavy atom. The van der Waals surface area contributed by atoms with Crippen LogP contribution in [0.4, 0.5) is 4.79 Å². The number of carbonyl (C=O) groups excluding carboxylic acids is 2. The van der Waals surface area contributed by atoms with Gasteiger partial charge in [-0.15, -0.1) is 0 Å². The Balaban J connectivity index is 1.67. The lowest BCUT2D eigenvalue weighted by molar-refractivity contribution is 0.0445. The fraction of sp³-hybridized carbons (Fsp3) is 0.579. The molecule has 1 aromatic carbocycles. The highest BCUT2D eigenvalue weighted by atomic mass is 16.6. The molecular formula is C19H25NO5. The molecule has 1 aliphatic heterocycles. The van der Waals surface area contributed by atoms with E-state index in [1.165, 1.54) is 0 Å². The van der Waals surface area contributed by atoms with Gasteiger partial charge < -0.3 is 19.5 Å². The van der Waals surface area contributed by atoms with E-state index >= 15 is 0 Å². The first-order valence-electron chi connectivity index (χ1n) is 8.69. The number of alkyl carbamates (subject to hydrolysis) is 1. The van der Waals surface area contributed by atoms with Crippen molar-refractivity contribution in [2.24, 2.45) is 5.92 Å². The fourth-order valence-corrected chi connectivity index (χ4v) is 3.32. The van der Waals surface area contributed by atoms with Crippen molar-refractivity contribution < 1.29 is 23.8 Å². The zero-order valence-electron chi connectivity index (χ0n) is 15.1. The van der Waals surface area contributed by atoms with E-state index in [2.05, 4.69) is 12.2 Å². The van der Waals surface area contributed by atoms with Crippen molar-refractivity contribution in [1.29, 1.82) is 0 Å². The summed E-state index contributed by atoms with van der Waals surface area (Å²) < 4.78 is 16.5. The van der Waals surface area contributed by atoms with Gasteiger partial charge in [0.25, 0.3) is 0 Å². The Morgan fingerprint density at radius 2 is 2.04 bits per heavy atom. The van der Waals surface area contributed by atoms with Crippen LogP contribution in [0.25, 0.3) is 0 Å². The summed E-state index contributed by atoms with van der Waals surface area (Å²) in [6, 6.07) is 5.24. The van der Waals surface area contributed by atoms with Gasteiger partial charge in [0.05, 0.1) is 11.6 Å². The second kappa shape index (κ2) is 6.58. The Morgan fingerprint density at radius 1 is 1.28 bits per heavy atom. The molecule has 0 spiro atoms. The highest BCUT2D eigenvalue weighted by Gasteiger charge is 2.37. The lowest BCUT2D eigenvalue weighted by Gasteiger charge is -2.27. The van der Waals surface area contributed by atoms with Gasteiger partial charge in [-0.25, -0.2) is 9.59 Å². The first-order valence-corrected chi connectivity index (χ1v) is 8.69. The topological polar surface area (TPSA) is 73.9 Å². The highest BCUT2D eigenvalue weighted by molar-refractivity contribution is 5.93. The summed E-state index contributed by atoms with van der Waals surface area (Å²) in [6.45, 7) is 7.90. The van der Waals surface area contributed by atoms with Crippen LogP contribution in [-0.4, -0.2) is 29.8 Å². The average Bonchev–Trinajstić information content (AvgIpc) is 3.03. The minimum absolute atomic E-state index is 0.110. The molecule has 1 saturated carbocycles. The molecule has 136 valence electrons. The number of hydrogen-bond acceptors (Lipinski definition) is 5. The van der Waals surface area contributed by atoms with Crippen molar-refractivity contribution in [3.63, 3.8) is 0 Å². The summed E-state index contributed by atoms with van der Waals surface area (Å²) in [5.41, 5.74) is 0.898. The summed E-state index contributed by atoms with van der Waals surface area (Å²) in [6.07, 6.45) is 1.28. The van der Waals surface area contributed by atoms with Gasteiger partial charge >= 0.3 is 12.1 Å². The average molecular weight is 347 g/mol. The van der Waals surface area contributed by atoms with E-state index in [0.29, 0.717) is 17.2 Å². The van der Waals surface area contributed by atoms with Gasteiger partial charge in [-0.3, -0.25) is 0 Å². The van der Waals surface area contributed by atoms with Crippen LogP contribution in [0.15, 0.2) is 18.2 Å². The van der Waals surface area contributed by atoms with Gasteiger partial charge in [0, 0.05) is 5.56 Å². The molecule has 25 heavy (non-hydrogen) atoms. The van der Waals surface area contributed by atoms with E-state index in [-0.39, 0.29) is 24.7 Å². The second-order valence-electron chi connectivity index (χ2n) is 7.78. The van der Waals surface area contributed by atoms with E-state index in [4.69, 9.17) is 14.2 Å². The molecule has 2 aliphatic rings. The summed E-state index contributed by atoms with van der Waals surface area (Å²) in [7, 11) is 0. The molecule has 1 aromatic rings. The van der Waals surface area contributed by atoms with Crippen molar-refractivity contribution in [3.8, 4) is 5.75 Å². The molecular weight excluding hydrogens is 322 g/mol. The zero-order chi connectivity index (χ0) is 18.2. The molecule has 0 unspecified atom stereocenters. The summed E-state index contributed by atoms with van der Waals surface area (Å²) >= 11 is 0. The van der Waals surface area contributed by atoms with E-state index in [9.17, 15) is 9.59 Å². The van der Waals surface area contributed by atoms with Gasteiger partial charge in [-0.2, -0.15) is 0 Å². The number of fused-ring (bicyclic) bond motifs is 1. The molecule has 0 saturated heterocycles. The molecule has 1 heterocycles. The van der Waals surface area contributed by atoms with Crippen LogP contribution >= 0.6 is 0 Å². The number of amides is 1. The Kier molecular flexibility index (Phi) is 4.62. The van der Waals surface area contributed by atoms with Crippen LogP contribution < -0.4 is 10.1 Å². The van der Waals surface area contributed by atoms with Crippen molar-refractivity contribution in [3.05, 3.63) is 29.3 Å². The van der Waals surface area contributed by atoms with Gasteiger partial charge in [0.1, 0.15) is 24.1 Å². The minimum Gasteiger partial charge on any atom is -0.488 e. The molecule has 6 heteroatoms. The van der Waals surface area contributed by atoms with Crippen molar-refractivity contribution in [2.45, 2.75) is 64.9 Å². The number of rotatable bonds is 3. The van der Waals surface area contributed by atoms with Crippen LogP contribution in [0.1, 0.15) is 56.5 Å². The third kappa shape index (κ3) is 4.06.